The SMILES string of the molecule is COc1ccc(CNC(=O)[C@H](C)Oc2ccc(F)cc2Br)cc1. The van der Waals surface area contributed by atoms with E-state index in [0.717, 1.165) is 11.3 Å². The second-order valence-corrected chi connectivity index (χ2v) is 5.76. The molecule has 1 atom stereocenters. The fourth-order valence-electron chi connectivity index (χ4n) is 1.89. The van der Waals surface area contributed by atoms with Gasteiger partial charge in [0.15, 0.2) is 6.10 Å². The quantitative estimate of drug-likeness (QED) is 0.829. The number of rotatable bonds is 6. The van der Waals surface area contributed by atoms with Crippen molar-refractivity contribution in [1.82, 2.24) is 5.32 Å². The first-order valence-electron chi connectivity index (χ1n) is 7.02. The highest BCUT2D eigenvalue weighted by molar-refractivity contribution is 9.10. The highest BCUT2D eigenvalue weighted by Gasteiger charge is 2.16. The highest BCUT2D eigenvalue weighted by atomic mass is 79.9. The lowest BCUT2D eigenvalue weighted by molar-refractivity contribution is -0.127. The van der Waals surface area contributed by atoms with Crippen LogP contribution in [0.3, 0.4) is 0 Å². The van der Waals surface area contributed by atoms with E-state index in [4.69, 9.17) is 9.47 Å². The van der Waals surface area contributed by atoms with Crippen LogP contribution in [-0.2, 0) is 11.3 Å². The summed E-state index contributed by atoms with van der Waals surface area (Å²) < 4.78 is 24.1. The van der Waals surface area contributed by atoms with Gasteiger partial charge >= 0.3 is 0 Å². The zero-order valence-electron chi connectivity index (χ0n) is 12.8. The van der Waals surface area contributed by atoms with Crippen molar-refractivity contribution in [3.8, 4) is 11.5 Å². The molecule has 2 aromatic rings. The van der Waals surface area contributed by atoms with E-state index in [1.165, 1.54) is 18.2 Å². The van der Waals surface area contributed by atoms with Crippen molar-refractivity contribution in [2.24, 2.45) is 0 Å². The van der Waals surface area contributed by atoms with Crippen molar-refractivity contribution in [2.75, 3.05) is 7.11 Å². The molecule has 0 spiro atoms. The lowest BCUT2D eigenvalue weighted by Crippen LogP contribution is -2.35. The van der Waals surface area contributed by atoms with Gasteiger partial charge in [0.05, 0.1) is 11.6 Å². The summed E-state index contributed by atoms with van der Waals surface area (Å²) in [7, 11) is 1.60. The van der Waals surface area contributed by atoms with Crippen LogP contribution in [0.25, 0.3) is 0 Å². The summed E-state index contributed by atoms with van der Waals surface area (Å²) in [6.45, 7) is 2.03. The van der Waals surface area contributed by atoms with E-state index in [0.29, 0.717) is 16.8 Å². The zero-order valence-corrected chi connectivity index (χ0v) is 14.4. The number of hydrogen-bond donors (Lipinski definition) is 1. The first kappa shape index (κ1) is 17.3. The number of hydrogen-bond acceptors (Lipinski definition) is 3. The molecule has 0 aliphatic rings. The standard InChI is InChI=1S/C17H17BrFNO3/c1-11(23-16-8-5-13(19)9-15(16)18)17(21)20-10-12-3-6-14(22-2)7-4-12/h3-9,11H,10H2,1-2H3,(H,20,21)/t11-/m0/s1. The van der Waals surface area contributed by atoms with Crippen LogP contribution in [0.1, 0.15) is 12.5 Å². The number of halogens is 2. The Morgan fingerprint density at radius 2 is 1.96 bits per heavy atom. The Morgan fingerprint density at radius 3 is 2.57 bits per heavy atom. The second kappa shape index (κ2) is 7.97. The van der Waals surface area contributed by atoms with Gasteiger partial charge in [0, 0.05) is 6.54 Å². The predicted molar refractivity (Wildman–Crippen MR) is 89.0 cm³/mol. The molecule has 0 fully saturated rings. The maximum atomic E-state index is 13.0. The maximum absolute atomic E-state index is 13.0. The average molecular weight is 382 g/mol. The van der Waals surface area contributed by atoms with E-state index in [2.05, 4.69) is 21.2 Å². The fraction of sp³-hybridized carbons (Fsp3) is 0.235. The fourth-order valence-corrected chi connectivity index (χ4v) is 2.34. The number of carbonyl (C=O) groups excluding carboxylic acids is 1. The smallest absolute Gasteiger partial charge is 0.261 e. The van der Waals surface area contributed by atoms with Crippen LogP contribution in [0.5, 0.6) is 11.5 Å². The zero-order chi connectivity index (χ0) is 16.8. The Hall–Kier alpha value is -2.08. The molecule has 0 aliphatic carbocycles. The molecule has 0 aromatic heterocycles. The third-order valence-electron chi connectivity index (χ3n) is 3.19. The Bertz CT molecular complexity index is 676. The first-order valence-corrected chi connectivity index (χ1v) is 7.81. The minimum atomic E-state index is -0.699. The van der Waals surface area contributed by atoms with Gasteiger partial charge in [0.2, 0.25) is 0 Å². The van der Waals surface area contributed by atoms with Gasteiger partial charge in [-0.15, -0.1) is 0 Å². The van der Waals surface area contributed by atoms with Gasteiger partial charge in [-0.2, -0.15) is 0 Å². The molecule has 6 heteroatoms. The van der Waals surface area contributed by atoms with Gasteiger partial charge in [0.25, 0.3) is 5.91 Å². The van der Waals surface area contributed by atoms with Gasteiger partial charge in [0.1, 0.15) is 17.3 Å². The van der Waals surface area contributed by atoms with Crippen LogP contribution in [0, 0.1) is 5.82 Å². The number of amides is 1. The summed E-state index contributed by atoms with van der Waals surface area (Å²) >= 11 is 3.21. The van der Waals surface area contributed by atoms with Crippen molar-refractivity contribution in [1.29, 1.82) is 0 Å². The molecule has 122 valence electrons. The Morgan fingerprint density at radius 1 is 1.26 bits per heavy atom. The molecule has 2 rings (SSSR count). The topological polar surface area (TPSA) is 47.6 Å². The molecule has 2 aromatic carbocycles. The minimum absolute atomic E-state index is 0.253. The van der Waals surface area contributed by atoms with Crippen LogP contribution in [-0.4, -0.2) is 19.1 Å². The summed E-state index contributed by atoms with van der Waals surface area (Å²) in [6.07, 6.45) is -0.699. The maximum Gasteiger partial charge on any atom is 0.261 e. The van der Waals surface area contributed by atoms with Crippen LogP contribution < -0.4 is 14.8 Å². The number of benzene rings is 2. The Balaban J connectivity index is 1.89. The molecule has 0 saturated heterocycles. The molecule has 0 heterocycles. The molecule has 1 N–H and O–H groups in total. The van der Waals surface area contributed by atoms with Gasteiger partial charge in [-0.25, -0.2) is 4.39 Å². The molecule has 0 bridgehead atoms. The number of methoxy groups -OCH3 is 1. The highest BCUT2D eigenvalue weighted by Crippen LogP contribution is 2.26. The molecule has 0 saturated carbocycles. The van der Waals surface area contributed by atoms with E-state index in [1.807, 2.05) is 24.3 Å². The lowest BCUT2D eigenvalue weighted by atomic mass is 10.2. The minimum Gasteiger partial charge on any atom is -0.497 e. The molecule has 0 unspecified atom stereocenters. The molecule has 0 radical (unpaired) electrons. The third-order valence-corrected chi connectivity index (χ3v) is 3.81. The Kier molecular flexibility index (Phi) is 5.98. The van der Waals surface area contributed by atoms with Crippen molar-refractivity contribution >= 4 is 21.8 Å². The van der Waals surface area contributed by atoms with Crippen molar-refractivity contribution in [2.45, 2.75) is 19.6 Å². The van der Waals surface area contributed by atoms with E-state index >= 15 is 0 Å². The predicted octanol–water partition coefficient (Wildman–Crippen LogP) is 3.68. The summed E-state index contributed by atoms with van der Waals surface area (Å²) in [6, 6.07) is 11.5. The molecule has 1 amide bonds. The summed E-state index contributed by atoms with van der Waals surface area (Å²) in [5, 5.41) is 2.79. The van der Waals surface area contributed by atoms with Crippen molar-refractivity contribution < 1.29 is 18.7 Å². The van der Waals surface area contributed by atoms with E-state index in [9.17, 15) is 9.18 Å². The van der Waals surface area contributed by atoms with Gasteiger partial charge in [-0.05, 0) is 58.7 Å². The normalized spacial score (nSPS) is 11.7. The van der Waals surface area contributed by atoms with Gasteiger partial charge < -0.3 is 14.8 Å². The first-order chi connectivity index (χ1) is 11.0. The van der Waals surface area contributed by atoms with Crippen LogP contribution in [0.4, 0.5) is 4.39 Å². The van der Waals surface area contributed by atoms with Crippen molar-refractivity contribution in [3.05, 3.63) is 58.3 Å². The lowest BCUT2D eigenvalue weighted by Gasteiger charge is -2.16. The Labute approximate surface area is 142 Å². The largest absolute Gasteiger partial charge is 0.497 e. The monoisotopic (exact) mass is 381 g/mol. The average Bonchev–Trinajstić information content (AvgIpc) is 2.55. The molecule has 23 heavy (non-hydrogen) atoms. The number of carbonyl (C=O) groups is 1. The van der Waals surface area contributed by atoms with E-state index in [-0.39, 0.29) is 11.7 Å². The molecule has 0 aliphatic heterocycles. The second-order valence-electron chi connectivity index (χ2n) is 4.90. The van der Waals surface area contributed by atoms with E-state index in [1.54, 1.807) is 14.0 Å². The van der Waals surface area contributed by atoms with Crippen LogP contribution in [0.15, 0.2) is 46.9 Å². The number of nitrogens with one attached hydrogen (secondary N) is 1. The molecular formula is C17H17BrFNO3. The van der Waals surface area contributed by atoms with Gasteiger partial charge in [-0.1, -0.05) is 12.1 Å². The molecular weight excluding hydrogens is 365 g/mol. The third kappa shape index (κ3) is 4.96. The molecule has 4 nitrogen and oxygen atoms in total. The van der Waals surface area contributed by atoms with E-state index < -0.39 is 6.10 Å². The summed E-state index contributed by atoms with van der Waals surface area (Å²) in [5.41, 5.74) is 0.953. The summed E-state index contributed by atoms with van der Waals surface area (Å²) in [5.74, 6) is 0.550. The van der Waals surface area contributed by atoms with Crippen molar-refractivity contribution in [3.63, 3.8) is 0 Å². The van der Waals surface area contributed by atoms with Crippen LogP contribution in [0.2, 0.25) is 0 Å². The number of ether oxygens (including phenoxy) is 2. The van der Waals surface area contributed by atoms with Crippen LogP contribution >= 0.6 is 15.9 Å². The van der Waals surface area contributed by atoms with Gasteiger partial charge in [-0.3, -0.25) is 4.79 Å². The summed E-state index contributed by atoms with van der Waals surface area (Å²) in [4.78, 5) is 12.1.